The van der Waals surface area contributed by atoms with E-state index in [1.807, 2.05) is 30.3 Å². The highest BCUT2D eigenvalue weighted by Gasteiger charge is 2.05. The number of hydrogen-bond acceptors (Lipinski definition) is 3. The summed E-state index contributed by atoms with van der Waals surface area (Å²) in [5.41, 5.74) is 2.94. The van der Waals surface area contributed by atoms with Crippen LogP contribution in [-0.2, 0) is 6.54 Å². The summed E-state index contributed by atoms with van der Waals surface area (Å²) >= 11 is 3.34. The van der Waals surface area contributed by atoms with Crippen molar-refractivity contribution in [2.24, 2.45) is 0 Å². The number of nitriles is 1. The van der Waals surface area contributed by atoms with Crippen LogP contribution >= 0.6 is 15.9 Å². The van der Waals surface area contributed by atoms with Gasteiger partial charge in [-0.25, -0.2) is 0 Å². The van der Waals surface area contributed by atoms with Crippen LogP contribution < -0.4 is 10.6 Å². The Balaban J connectivity index is 2.14. The summed E-state index contributed by atoms with van der Waals surface area (Å²) in [6.45, 7) is 0.543. The van der Waals surface area contributed by atoms with E-state index in [4.69, 9.17) is 5.26 Å². The molecule has 2 aromatic carbocycles. The summed E-state index contributed by atoms with van der Waals surface area (Å²) in [5, 5.41) is 14.9. The fourth-order valence-electron chi connectivity index (χ4n) is 1.93. The first kappa shape index (κ1) is 15.1. The van der Waals surface area contributed by atoms with E-state index in [2.05, 4.69) is 32.6 Å². The van der Waals surface area contributed by atoms with E-state index in [0.717, 1.165) is 15.7 Å². The van der Waals surface area contributed by atoms with Gasteiger partial charge in [-0.15, -0.1) is 0 Å². The molecule has 2 N–H and O–H groups in total. The first-order valence-electron chi connectivity index (χ1n) is 6.38. The Morgan fingerprint density at radius 1 is 1.29 bits per heavy atom. The first-order chi connectivity index (χ1) is 10.1. The molecular formula is C16H14BrN3O. The third-order valence-corrected chi connectivity index (χ3v) is 3.49. The number of carbonyl (C=O) groups excluding carboxylic acids is 1. The van der Waals surface area contributed by atoms with Crippen molar-refractivity contribution in [3.8, 4) is 6.07 Å². The van der Waals surface area contributed by atoms with Crippen LogP contribution in [0.15, 0.2) is 46.9 Å². The highest BCUT2D eigenvalue weighted by molar-refractivity contribution is 9.10. The fraction of sp³-hybridized carbons (Fsp3) is 0.125. The lowest BCUT2D eigenvalue weighted by atomic mass is 10.1. The Labute approximate surface area is 131 Å². The molecular weight excluding hydrogens is 330 g/mol. The average Bonchev–Trinajstić information content (AvgIpc) is 2.53. The molecule has 4 nitrogen and oxygen atoms in total. The van der Waals surface area contributed by atoms with E-state index >= 15 is 0 Å². The minimum Gasteiger partial charge on any atom is -0.380 e. The predicted molar refractivity (Wildman–Crippen MR) is 86.0 cm³/mol. The zero-order valence-electron chi connectivity index (χ0n) is 11.5. The smallest absolute Gasteiger partial charge is 0.251 e. The fourth-order valence-corrected chi connectivity index (χ4v) is 2.29. The zero-order chi connectivity index (χ0) is 15.2. The lowest BCUT2D eigenvalue weighted by molar-refractivity contribution is 0.0963. The number of halogens is 1. The van der Waals surface area contributed by atoms with Crippen molar-refractivity contribution in [3.63, 3.8) is 0 Å². The van der Waals surface area contributed by atoms with Crippen molar-refractivity contribution in [2.75, 3.05) is 12.4 Å². The Morgan fingerprint density at radius 3 is 2.81 bits per heavy atom. The van der Waals surface area contributed by atoms with Gasteiger partial charge in [0, 0.05) is 23.6 Å². The highest BCUT2D eigenvalue weighted by atomic mass is 79.9. The van der Waals surface area contributed by atoms with Gasteiger partial charge in [0.15, 0.2) is 0 Å². The van der Waals surface area contributed by atoms with Crippen LogP contribution in [0.25, 0.3) is 0 Å². The second-order valence-electron chi connectivity index (χ2n) is 4.43. The summed E-state index contributed by atoms with van der Waals surface area (Å²) in [5.74, 6) is -0.113. The van der Waals surface area contributed by atoms with Crippen LogP contribution in [0.1, 0.15) is 21.5 Å². The maximum Gasteiger partial charge on any atom is 0.251 e. The molecule has 5 heteroatoms. The third kappa shape index (κ3) is 3.83. The quantitative estimate of drug-likeness (QED) is 0.895. The van der Waals surface area contributed by atoms with Crippen molar-refractivity contribution in [1.82, 2.24) is 5.32 Å². The number of hydrogen-bond donors (Lipinski definition) is 2. The molecule has 0 aliphatic rings. The minimum atomic E-state index is -0.113. The molecule has 0 aliphatic heterocycles. The van der Waals surface area contributed by atoms with Crippen molar-refractivity contribution >= 4 is 27.5 Å². The molecule has 0 saturated heterocycles. The third-order valence-electron chi connectivity index (χ3n) is 3.00. The van der Waals surface area contributed by atoms with E-state index in [1.54, 1.807) is 19.2 Å². The van der Waals surface area contributed by atoms with Crippen LogP contribution in [0.4, 0.5) is 5.69 Å². The van der Waals surface area contributed by atoms with E-state index in [-0.39, 0.29) is 5.91 Å². The van der Waals surface area contributed by atoms with Gasteiger partial charge in [-0.2, -0.15) is 5.26 Å². The lowest BCUT2D eigenvalue weighted by Gasteiger charge is -2.09. The first-order valence-corrected chi connectivity index (χ1v) is 7.18. The zero-order valence-corrected chi connectivity index (χ0v) is 13.1. The van der Waals surface area contributed by atoms with Gasteiger partial charge < -0.3 is 10.6 Å². The molecule has 106 valence electrons. The molecule has 0 spiro atoms. The summed E-state index contributed by atoms with van der Waals surface area (Å²) in [6, 6.07) is 15.0. The van der Waals surface area contributed by atoms with E-state index in [9.17, 15) is 4.79 Å². The Morgan fingerprint density at radius 2 is 2.10 bits per heavy atom. The molecule has 0 atom stereocenters. The van der Waals surface area contributed by atoms with Gasteiger partial charge in [0.2, 0.25) is 0 Å². The van der Waals surface area contributed by atoms with Gasteiger partial charge in [-0.1, -0.05) is 28.1 Å². The number of nitrogens with zero attached hydrogens (tertiary/aromatic N) is 1. The van der Waals surface area contributed by atoms with Crippen molar-refractivity contribution in [1.29, 1.82) is 5.26 Å². The molecule has 2 rings (SSSR count). The van der Waals surface area contributed by atoms with Crippen molar-refractivity contribution in [3.05, 3.63) is 63.6 Å². The summed E-state index contributed by atoms with van der Waals surface area (Å²) in [6.07, 6.45) is 0. The van der Waals surface area contributed by atoms with Crippen LogP contribution in [0.2, 0.25) is 0 Å². The number of benzene rings is 2. The van der Waals surface area contributed by atoms with Crippen LogP contribution in [0.3, 0.4) is 0 Å². The van der Waals surface area contributed by atoms with Gasteiger partial charge in [0.25, 0.3) is 5.91 Å². The number of carbonyl (C=O) groups is 1. The van der Waals surface area contributed by atoms with Crippen molar-refractivity contribution in [2.45, 2.75) is 6.54 Å². The molecule has 0 heterocycles. The Kier molecular flexibility index (Phi) is 4.96. The number of anilines is 1. The predicted octanol–water partition coefficient (Wildman–Crippen LogP) is 3.29. The van der Waals surface area contributed by atoms with Crippen LogP contribution in [0, 0.1) is 11.3 Å². The monoisotopic (exact) mass is 343 g/mol. The highest BCUT2D eigenvalue weighted by Crippen LogP contribution is 2.21. The van der Waals surface area contributed by atoms with E-state index in [1.165, 1.54) is 0 Å². The number of rotatable bonds is 4. The largest absolute Gasteiger partial charge is 0.380 e. The molecule has 0 bridgehead atoms. The molecule has 2 aromatic rings. The van der Waals surface area contributed by atoms with Gasteiger partial charge >= 0.3 is 0 Å². The minimum absolute atomic E-state index is 0.113. The van der Waals surface area contributed by atoms with Gasteiger partial charge in [-0.05, 0) is 35.9 Å². The number of nitrogens with one attached hydrogen (secondary N) is 2. The molecule has 0 fully saturated rings. The summed E-state index contributed by atoms with van der Waals surface area (Å²) < 4.78 is 0.867. The SMILES string of the molecule is CNC(=O)c1cccc(CNc2ccc(Br)cc2C#N)c1. The molecule has 21 heavy (non-hydrogen) atoms. The Bertz CT molecular complexity index is 707. The standard InChI is InChI=1S/C16H14BrN3O/c1-19-16(21)12-4-2-3-11(7-12)10-20-15-6-5-14(17)8-13(15)9-18/h2-8,20H,10H2,1H3,(H,19,21). The molecule has 0 aliphatic carbocycles. The lowest BCUT2D eigenvalue weighted by Crippen LogP contribution is -2.18. The van der Waals surface area contributed by atoms with Gasteiger partial charge in [0.1, 0.15) is 6.07 Å². The maximum atomic E-state index is 11.6. The summed E-state index contributed by atoms with van der Waals surface area (Å²) in [7, 11) is 1.61. The normalized spacial score (nSPS) is 9.76. The average molecular weight is 344 g/mol. The summed E-state index contributed by atoms with van der Waals surface area (Å²) in [4.78, 5) is 11.6. The number of amides is 1. The van der Waals surface area contributed by atoms with Crippen LogP contribution in [-0.4, -0.2) is 13.0 Å². The van der Waals surface area contributed by atoms with Gasteiger partial charge in [0.05, 0.1) is 11.3 Å². The maximum absolute atomic E-state index is 11.6. The van der Waals surface area contributed by atoms with E-state index in [0.29, 0.717) is 17.7 Å². The molecule has 0 unspecified atom stereocenters. The van der Waals surface area contributed by atoms with Gasteiger partial charge in [-0.3, -0.25) is 4.79 Å². The van der Waals surface area contributed by atoms with Crippen LogP contribution in [0.5, 0.6) is 0 Å². The molecule has 0 saturated carbocycles. The van der Waals surface area contributed by atoms with E-state index < -0.39 is 0 Å². The second-order valence-corrected chi connectivity index (χ2v) is 5.35. The topological polar surface area (TPSA) is 64.9 Å². The second kappa shape index (κ2) is 6.91. The Hall–Kier alpha value is -2.32. The molecule has 0 radical (unpaired) electrons. The molecule has 1 amide bonds. The van der Waals surface area contributed by atoms with Crippen molar-refractivity contribution < 1.29 is 4.79 Å². The molecule has 0 aromatic heterocycles.